The van der Waals surface area contributed by atoms with Crippen molar-refractivity contribution in [1.29, 1.82) is 0 Å². The van der Waals surface area contributed by atoms with E-state index in [9.17, 15) is 0 Å². The lowest BCUT2D eigenvalue weighted by atomic mass is 10.00. The molecule has 0 unspecified atom stereocenters. The lowest BCUT2D eigenvalue weighted by Crippen LogP contribution is -3.12. The molecule has 20 heavy (non-hydrogen) atoms. The van der Waals surface area contributed by atoms with Gasteiger partial charge in [0, 0.05) is 5.69 Å². The maximum absolute atomic E-state index is 5.55. The first-order valence-electron chi connectivity index (χ1n) is 7.27. The van der Waals surface area contributed by atoms with E-state index in [1.807, 2.05) is 33.8 Å². The maximum atomic E-state index is 5.55. The Morgan fingerprint density at radius 2 is 1.95 bits per heavy atom. The normalized spacial score (nSPS) is 22.9. The van der Waals surface area contributed by atoms with Crippen molar-refractivity contribution in [2.45, 2.75) is 26.4 Å². The Hall–Kier alpha value is -1.46. The Balaban J connectivity index is 1.76. The van der Waals surface area contributed by atoms with Crippen LogP contribution in [0.4, 0.5) is 0 Å². The SMILES string of the molecule is CC1CC[NH+](Cn2ncn(-c3ccccc3)c2=S)CC1. The number of rotatable bonds is 3. The zero-order valence-electron chi connectivity index (χ0n) is 11.8. The first-order chi connectivity index (χ1) is 9.74. The van der Waals surface area contributed by atoms with Crippen LogP contribution in [0.3, 0.4) is 0 Å². The van der Waals surface area contributed by atoms with Crippen LogP contribution in [0.25, 0.3) is 5.69 Å². The highest BCUT2D eigenvalue weighted by molar-refractivity contribution is 7.71. The van der Waals surface area contributed by atoms with Crippen LogP contribution < -0.4 is 4.90 Å². The fourth-order valence-electron chi connectivity index (χ4n) is 2.75. The van der Waals surface area contributed by atoms with Crippen LogP contribution in [0, 0.1) is 10.7 Å². The molecule has 2 heterocycles. The van der Waals surface area contributed by atoms with Gasteiger partial charge in [-0.25, -0.2) is 0 Å². The molecular weight excluding hydrogens is 268 g/mol. The van der Waals surface area contributed by atoms with E-state index in [0.717, 1.165) is 23.0 Å². The summed E-state index contributed by atoms with van der Waals surface area (Å²) in [6.45, 7) is 5.67. The van der Waals surface area contributed by atoms with Crippen molar-refractivity contribution >= 4 is 12.2 Å². The quantitative estimate of drug-likeness (QED) is 0.871. The Labute approximate surface area is 124 Å². The van der Waals surface area contributed by atoms with Gasteiger partial charge in [0.05, 0.1) is 13.1 Å². The lowest BCUT2D eigenvalue weighted by molar-refractivity contribution is -0.929. The Morgan fingerprint density at radius 3 is 2.65 bits per heavy atom. The van der Waals surface area contributed by atoms with E-state index in [4.69, 9.17) is 12.2 Å². The molecule has 1 N–H and O–H groups in total. The number of likely N-dealkylation sites (tertiary alicyclic amines) is 1. The lowest BCUT2D eigenvalue weighted by Gasteiger charge is -2.26. The van der Waals surface area contributed by atoms with Gasteiger partial charge in [-0.05, 0) is 43.1 Å². The molecule has 0 saturated carbocycles. The van der Waals surface area contributed by atoms with Gasteiger partial charge in [-0.15, -0.1) is 0 Å². The van der Waals surface area contributed by atoms with E-state index in [1.165, 1.54) is 25.9 Å². The molecule has 2 aromatic rings. The van der Waals surface area contributed by atoms with Crippen LogP contribution in [-0.2, 0) is 6.67 Å². The van der Waals surface area contributed by atoms with Crippen molar-refractivity contribution in [1.82, 2.24) is 14.3 Å². The highest BCUT2D eigenvalue weighted by atomic mass is 32.1. The van der Waals surface area contributed by atoms with Crippen LogP contribution >= 0.6 is 12.2 Å². The summed E-state index contributed by atoms with van der Waals surface area (Å²) in [4.78, 5) is 1.58. The zero-order chi connectivity index (χ0) is 13.9. The van der Waals surface area contributed by atoms with E-state index in [0.29, 0.717) is 0 Å². The van der Waals surface area contributed by atoms with Gasteiger partial charge in [0.25, 0.3) is 0 Å². The summed E-state index contributed by atoms with van der Waals surface area (Å²) >= 11 is 5.55. The standard InChI is InChI=1S/C15H20N4S/c1-13-7-9-17(10-8-13)12-19-15(20)18(11-16-19)14-5-3-2-4-6-14/h2-6,11,13H,7-10,12H2,1H3/p+1. The van der Waals surface area contributed by atoms with Crippen molar-refractivity contribution in [2.75, 3.05) is 13.1 Å². The molecule has 0 amide bonds. The monoisotopic (exact) mass is 289 g/mol. The number of nitrogens with one attached hydrogen (secondary N) is 1. The fraction of sp³-hybridized carbons (Fsp3) is 0.467. The third-order valence-electron chi connectivity index (χ3n) is 4.12. The Kier molecular flexibility index (Phi) is 3.98. The minimum atomic E-state index is 0.780. The largest absolute Gasteiger partial charge is 0.316 e. The molecular formula is C15H21N4S+. The van der Waals surface area contributed by atoms with E-state index in [1.54, 1.807) is 4.90 Å². The minimum absolute atomic E-state index is 0.780. The van der Waals surface area contributed by atoms with Gasteiger partial charge >= 0.3 is 0 Å². The number of para-hydroxylation sites is 1. The van der Waals surface area contributed by atoms with Gasteiger partial charge in [-0.3, -0.25) is 4.57 Å². The summed E-state index contributed by atoms with van der Waals surface area (Å²) in [7, 11) is 0. The predicted molar refractivity (Wildman–Crippen MR) is 81.5 cm³/mol. The van der Waals surface area contributed by atoms with Crippen LogP contribution in [0.5, 0.6) is 0 Å². The van der Waals surface area contributed by atoms with Crippen LogP contribution in [0.1, 0.15) is 19.8 Å². The molecule has 1 aromatic heterocycles. The number of hydrogen-bond acceptors (Lipinski definition) is 2. The molecule has 0 aliphatic carbocycles. The minimum Gasteiger partial charge on any atom is -0.316 e. The molecule has 1 fully saturated rings. The molecule has 3 rings (SSSR count). The first kappa shape index (κ1) is 13.5. The first-order valence-corrected chi connectivity index (χ1v) is 7.68. The zero-order valence-corrected chi connectivity index (χ0v) is 12.6. The van der Waals surface area contributed by atoms with Crippen LogP contribution in [-0.4, -0.2) is 27.4 Å². The fourth-order valence-corrected chi connectivity index (χ4v) is 3.02. The molecule has 1 aromatic carbocycles. The van der Waals surface area contributed by atoms with Crippen molar-refractivity contribution in [2.24, 2.45) is 5.92 Å². The highest BCUT2D eigenvalue weighted by Crippen LogP contribution is 2.08. The Bertz CT molecular complexity index is 608. The summed E-state index contributed by atoms with van der Waals surface area (Å²) in [5.74, 6) is 0.869. The van der Waals surface area contributed by atoms with E-state index < -0.39 is 0 Å². The molecule has 106 valence electrons. The summed E-state index contributed by atoms with van der Waals surface area (Å²) in [5.41, 5.74) is 1.08. The van der Waals surface area contributed by atoms with Crippen LogP contribution in [0.2, 0.25) is 0 Å². The number of aromatic nitrogens is 3. The third-order valence-corrected chi connectivity index (χ3v) is 4.53. The molecule has 1 aliphatic rings. The molecule has 1 saturated heterocycles. The molecule has 0 bridgehead atoms. The maximum Gasteiger partial charge on any atom is 0.207 e. The second kappa shape index (κ2) is 5.89. The number of benzene rings is 1. The third kappa shape index (κ3) is 2.83. The smallest absolute Gasteiger partial charge is 0.207 e. The van der Waals surface area contributed by atoms with Gasteiger partial charge in [0.2, 0.25) is 4.77 Å². The number of piperidine rings is 1. The molecule has 1 aliphatic heterocycles. The predicted octanol–water partition coefficient (Wildman–Crippen LogP) is 1.68. The average molecular weight is 289 g/mol. The van der Waals surface area contributed by atoms with E-state index >= 15 is 0 Å². The number of hydrogen-bond donors (Lipinski definition) is 1. The van der Waals surface area contributed by atoms with Crippen molar-refractivity contribution in [3.8, 4) is 5.69 Å². The molecule has 0 atom stereocenters. The van der Waals surface area contributed by atoms with Gasteiger partial charge in [0.15, 0.2) is 6.67 Å². The van der Waals surface area contributed by atoms with E-state index in [2.05, 4.69) is 24.2 Å². The van der Waals surface area contributed by atoms with Crippen molar-refractivity contribution in [3.63, 3.8) is 0 Å². The van der Waals surface area contributed by atoms with Gasteiger partial charge < -0.3 is 4.90 Å². The number of nitrogens with zero attached hydrogens (tertiary/aromatic N) is 3. The molecule has 5 heteroatoms. The van der Waals surface area contributed by atoms with Gasteiger partial charge in [-0.1, -0.05) is 25.1 Å². The molecule has 4 nitrogen and oxygen atoms in total. The topological polar surface area (TPSA) is 27.2 Å². The van der Waals surface area contributed by atoms with Crippen molar-refractivity contribution < 1.29 is 4.90 Å². The number of quaternary nitrogens is 1. The summed E-state index contributed by atoms with van der Waals surface area (Å²) < 4.78 is 4.71. The second-order valence-corrected chi connectivity index (χ2v) is 6.07. The summed E-state index contributed by atoms with van der Waals surface area (Å²) in [5, 5.41) is 4.46. The van der Waals surface area contributed by atoms with Crippen molar-refractivity contribution in [3.05, 3.63) is 41.4 Å². The van der Waals surface area contributed by atoms with E-state index in [-0.39, 0.29) is 0 Å². The van der Waals surface area contributed by atoms with Gasteiger partial charge in [0.1, 0.15) is 6.33 Å². The molecule has 0 spiro atoms. The summed E-state index contributed by atoms with van der Waals surface area (Å²) in [6.07, 6.45) is 4.44. The highest BCUT2D eigenvalue weighted by Gasteiger charge is 2.19. The second-order valence-electron chi connectivity index (χ2n) is 5.71. The van der Waals surface area contributed by atoms with Crippen LogP contribution in [0.15, 0.2) is 36.7 Å². The average Bonchev–Trinajstić information content (AvgIpc) is 2.84. The van der Waals surface area contributed by atoms with Gasteiger partial charge in [-0.2, -0.15) is 9.78 Å². The summed E-state index contributed by atoms with van der Waals surface area (Å²) in [6, 6.07) is 10.2. The Morgan fingerprint density at radius 1 is 1.25 bits per heavy atom. The molecule has 0 radical (unpaired) electrons.